The van der Waals surface area contributed by atoms with E-state index in [9.17, 15) is 0 Å². The molecule has 0 radical (unpaired) electrons. The molecule has 0 bridgehead atoms. The fourth-order valence-electron chi connectivity index (χ4n) is 2.93. The molecule has 2 aliphatic heterocycles. The summed E-state index contributed by atoms with van der Waals surface area (Å²) < 4.78 is 11.3. The summed E-state index contributed by atoms with van der Waals surface area (Å²) in [6.45, 7) is 10.5. The summed E-state index contributed by atoms with van der Waals surface area (Å²) in [5.41, 5.74) is 6.09. The molecule has 2 fully saturated rings. The van der Waals surface area contributed by atoms with Crippen molar-refractivity contribution in [1.82, 2.24) is 4.90 Å². The molecule has 0 aromatic carbocycles. The van der Waals surface area contributed by atoms with E-state index in [4.69, 9.17) is 15.2 Å². The van der Waals surface area contributed by atoms with Gasteiger partial charge in [0.15, 0.2) is 5.96 Å². The van der Waals surface area contributed by atoms with Crippen molar-refractivity contribution in [2.24, 2.45) is 22.6 Å². The van der Waals surface area contributed by atoms with Crippen LogP contribution in [0.1, 0.15) is 27.2 Å². The van der Waals surface area contributed by atoms with Gasteiger partial charge in [0.2, 0.25) is 0 Å². The molecule has 118 valence electrons. The van der Waals surface area contributed by atoms with Gasteiger partial charge in [-0.15, -0.1) is 24.0 Å². The molecule has 0 aliphatic carbocycles. The molecule has 3 atom stereocenters. The Kier molecular flexibility index (Phi) is 7.53. The van der Waals surface area contributed by atoms with Gasteiger partial charge in [-0.1, -0.05) is 13.8 Å². The van der Waals surface area contributed by atoms with Gasteiger partial charge in [0, 0.05) is 32.2 Å². The van der Waals surface area contributed by atoms with Crippen molar-refractivity contribution in [2.75, 3.05) is 32.8 Å². The SMILES string of the molecule is CC1CN(C(N)=NCC2CCOC2C(C)C)CCO1.I. The monoisotopic (exact) mass is 397 g/mol. The first kappa shape index (κ1) is 18.0. The highest BCUT2D eigenvalue weighted by Gasteiger charge is 2.30. The highest BCUT2D eigenvalue weighted by atomic mass is 127. The van der Waals surface area contributed by atoms with E-state index in [0.717, 1.165) is 39.3 Å². The Bertz CT molecular complexity index is 326. The summed E-state index contributed by atoms with van der Waals surface area (Å²) in [6.07, 6.45) is 1.67. The average molecular weight is 397 g/mol. The quantitative estimate of drug-likeness (QED) is 0.448. The van der Waals surface area contributed by atoms with Gasteiger partial charge in [0.05, 0.1) is 18.8 Å². The Labute approximate surface area is 139 Å². The van der Waals surface area contributed by atoms with E-state index in [0.29, 0.717) is 23.9 Å². The number of halogens is 1. The van der Waals surface area contributed by atoms with Gasteiger partial charge in [-0.3, -0.25) is 4.99 Å². The molecular weight excluding hydrogens is 369 g/mol. The van der Waals surface area contributed by atoms with Crippen LogP contribution in [0.15, 0.2) is 4.99 Å². The van der Waals surface area contributed by atoms with Crippen molar-refractivity contribution in [1.29, 1.82) is 0 Å². The number of hydrogen-bond donors (Lipinski definition) is 1. The summed E-state index contributed by atoms with van der Waals surface area (Å²) >= 11 is 0. The van der Waals surface area contributed by atoms with Crippen molar-refractivity contribution in [3.05, 3.63) is 0 Å². The second kappa shape index (κ2) is 8.38. The summed E-state index contributed by atoms with van der Waals surface area (Å²) in [4.78, 5) is 6.70. The molecule has 2 saturated heterocycles. The van der Waals surface area contributed by atoms with Crippen LogP contribution >= 0.6 is 24.0 Å². The average Bonchev–Trinajstić information content (AvgIpc) is 2.84. The smallest absolute Gasteiger partial charge is 0.191 e. The molecule has 2 rings (SSSR count). The molecule has 0 saturated carbocycles. The van der Waals surface area contributed by atoms with Crippen molar-refractivity contribution in [3.8, 4) is 0 Å². The van der Waals surface area contributed by atoms with Crippen LogP contribution in [-0.4, -0.2) is 55.9 Å². The minimum Gasteiger partial charge on any atom is -0.378 e. The molecule has 2 aliphatic rings. The van der Waals surface area contributed by atoms with Gasteiger partial charge in [0.25, 0.3) is 0 Å². The molecule has 0 amide bonds. The third kappa shape index (κ3) is 4.73. The van der Waals surface area contributed by atoms with Crippen LogP contribution in [0.4, 0.5) is 0 Å². The van der Waals surface area contributed by atoms with Crippen molar-refractivity contribution in [3.63, 3.8) is 0 Å². The van der Waals surface area contributed by atoms with Gasteiger partial charge in [-0.05, 0) is 19.3 Å². The lowest BCUT2D eigenvalue weighted by atomic mass is 9.93. The zero-order chi connectivity index (χ0) is 13.8. The Morgan fingerprint density at radius 1 is 1.35 bits per heavy atom. The maximum absolute atomic E-state index is 6.09. The van der Waals surface area contributed by atoms with E-state index >= 15 is 0 Å². The second-order valence-corrected chi connectivity index (χ2v) is 5.95. The van der Waals surface area contributed by atoms with Gasteiger partial charge < -0.3 is 20.1 Å². The van der Waals surface area contributed by atoms with Crippen LogP contribution in [-0.2, 0) is 9.47 Å². The number of hydrogen-bond acceptors (Lipinski definition) is 3. The molecule has 0 aromatic rings. The lowest BCUT2D eigenvalue weighted by Crippen LogP contribution is -2.48. The fourth-order valence-corrected chi connectivity index (χ4v) is 2.93. The van der Waals surface area contributed by atoms with Crippen molar-refractivity contribution >= 4 is 29.9 Å². The van der Waals surface area contributed by atoms with Crippen LogP contribution in [0.3, 0.4) is 0 Å². The normalized spacial score (nSPS) is 31.5. The van der Waals surface area contributed by atoms with E-state index in [1.165, 1.54) is 0 Å². The first-order valence-corrected chi connectivity index (χ1v) is 7.36. The molecule has 2 N–H and O–H groups in total. The molecule has 20 heavy (non-hydrogen) atoms. The zero-order valence-electron chi connectivity index (χ0n) is 12.7. The topological polar surface area (TPSA) is 60.1 Å². The lowest BCUT2D eigenvalue weighted by Gasteiger charge is -2.32. The number of aliphatic imine (C=N–C) groups is 1. The predicted octanol–water partition coefficient (Wildman–Crippen LogP) is 1.70. The number of morpholine rings is 1. The van der Waals surface area contributed by atoms with E-state index in [2.05, 4.69) is 30.7 Å². The lowest BCUT2D eigenvalue weighted by molar-refractivity contribution is 0.00520. The number of ether oxygens (including phenoxy) is 2. The Morgan fingerprint density at radius 2 is 2.10 bits per heavy atom. The summed E-state index contributed by atoms with van der Waals surface area (Å²) in [5.74, 6) is 1.72. The summed E-state index contributed by atoms with van der Waals surface area (Å²) in [5, 5.41) is 0. The minimum atomic E-state index is 0. The molecule has 0 spiro atoms. The van der Waals surface area contributed by atoms with Gasteiger partial charge in [0.1, 0.15) is 0 Å². The second-order valence-electron chi connectivity index (χ2n) is 5.95. The Balaban J connectivity index is 0.00000200. The molecule has 3 unspecified atom stereocenters. The number of rotatable bonds is 3. The minimum absolute atomic E-state index is 0. The Hall–Kier alpha value is -0.0800. The van der Waals surface area contributed by atoms with E-state index in [1.54, 1.807) is 0 Å². The third-order valence-electron chi connectivity index (χ3n) is 3.97. The van der Waals surface area contributed by atoms with Crippen molar-refractivity contribution < 1.29 is 9.47 Å². The number of nitrogens with zero attached hydrogens (tertiary/aromatic N) is 2. The van der Waals surface area contributed by atoms with E-state index in [1.807, 2.05) is 0 Å². The van der Waals surface area contributed by atoms with Crippen LogP contribution in [0.2, 0.25) is 0 Å². The molecule has 2 heterocycles. The highest BCUT2D eigenvalue weighted by Crippen LogP contribution is 2.26. The van der Waals surface area contributed by atoms with Crippen molar-refractivity contribution in [2.45, 2.75) is 39.4 Å². The first-order valence-electron chi connectivity index (χ1n) is 7.36. The van der Waals surface area contributed by atoms with E-state index < -0.39 is 0 Å². The van der Waals surface area contributed by atoms with Gasteiger partial charge in [-0.2, -0.15) is 0 Å². The Morgan fingerprint density at radius 3 is 2.75 bits per heavy atom. The fraction of sp³-hybridized carbons (Fsp3) is 0.929. The highest BCUT2D eigenvalue weighted by molar-refractivity contribution is 14.0. The van der Waals surface area contributed by atoms with Crippen LogP contribution in [0.5, 0.6) is 0 Å². The van der Waals surface area contributed by atoms with Crippen LogP contribution in [0.25, 0.3) is 0 Å². The number of nitrogens with two attached hydrogens (primary N) is 1. The summed E-state index contributed by atoms with van der Waals surface area (Å²) in [7, 11) is 0. The zero-order valence-corrected chi connectivity index (χ0v) is 15.1. The van der Waals surface area contributed by atoms with Crippen LogP contribution in [0, 0.1) is 11.8 Å². The largest absolute Gasteiger partial charge is 0.378 e. The van der Waals surface area contributed by atoms with Gasteiger partial charge >= 0.3 is 0 Å². The molecule has 0 aromatic heterocycles. The molecule has 5 nitrogen and oxygen atoms in total. The standard InChI is InChI=1S/C14H27N3O2.HI/c1-10(2)13-12(4-6-19-13)8-16-14(15)17-5-7-18-11(3)9-17;/h10-13H,4-9H2,1-3H3,(H2,15,16);1H. The predicted molar refractivity (Wildman–Crippen MR) is 91.6 cm³/mol. The number of guanidine groups is 1. The maximum Gasteiger partial charge on any atom is 0.191 e. The van der Waals surface area contributed by atoms with Gasteiger partial charge in [-0.25, -0.2) is 0 Å². The molecule has 6 heteroatoms. The molecular formula is C14H28IN3O2. The first-order chi connectivity index (χ1) is 9.08. The maximum atomic E-state index is 6.09. The third-order valence-corrected chi connectivity index (χ3v) is 3.97. The van der Waals surface area contributed by atoms with E-state index in [-0.39, 0.29) is 30.1 Å². The summed E-state index contributed by atoms with van der Waals surface area (Å²) in [6, 6.07) is 0. The van der Waals surface area contributed by atoms with Crippen LogP contribution < -0.4 is 5.73 Å².